The monoisotopic (exact) mass is 180 g/mol. The zero-order valence-electron chi connectivity index (χ0n) is 6.53. The number of aromatic nitrogens is 3. The second kappa shape index (κ2) is 2.67. The SMILES string of the molecule is CSc1nc(N)c2cc[nH]c2n1. The molecule has 0 amide bonds. The van der Waals surface area contributed by atoms with Crippen LogP contribution < -0.4 is 5.73 Å². The van der Waals surface area contributed by atoms with Crippen LogP contribution in [0.5, 0.6) is 0 Å². The highest BCUT2D eigenvalue weighted by atomic mass is 32.2. The standard InChI is InChI=1S/C7H8N4S/c1-12-7-10-5(8)4-2-3-9-6(4)11-7/h2-3H,1H3,(H3,8,9,10,11). The smallest absolute Gasteiger partial charge is 0.191 e. The summed E-state index contributed by atoms with van der Waals surface area (Å²) in [6, 6.07) is 1.87. The maximum Gasteiger partial charge on any atom is 0.191 e. The summed E-state index contributed by atoms with van der Waals surface area (Å²) in [5.74, 6) is 0.533. The van der Waals surface area contributed by atoms with E-state index < -0.39 is 0 Å². The number of nitrogens with zero attached hydrogens (tertiary/aromatic N) is 2. The minimum Gasteiger partial charge on any atom is -0.383 e. The summed E-state index contributed by atoms with van der Waals surface area (Å²) < 4.78 is 0. The van der Waals surface area contributed by atoms with Gasteiger partial charge in [-0.2, -0.15) is 0 Å². The van der Waals surface area contributed by atoms with Crippen molar-refractivity contribution in [3.63, 3.8) is 0 Å². The number of nitrogens with one attached hydrogen (secondary N) is 1. The van der Waals surface area contributed by atoms with Crippen LogP contribution in [-0.2, 0) is 0 Å². The molecular weight excluding hydrogens is 172 g/mol. The number of rotatable bonds is 1. The molecule has 0 saturated heterocycles. The first-order valence-corrected chi connectivity index (χ1v) is 4.68. The summed E-state index contributed by atoms with van der Waals surface area (Å²) in [7, 11) is 0. The van der Waals surface area contributed by atoms with Crippen LogP contribution >= 0.6 is 11.8 Å². The van der Waals surface area contributed by atoms with Gasteiger partial charge < -0.3 is 10.7 Å². The van der Waals surface area contributed by atoms with Crippen molar-refractivity contribution in [2.24, 2.45) is 0 Å². The summed E-state index contributed by atoms with van der Waals surface area (Å²) >= 11 is 1.48. The first-order chi connectivity index (χ1) is 5.81. The Kier molecular flexibility index (Phi) is 1.65. The van der Waals surface area contributed by atoms with Gasteiger partial charge in [-0.3, -0.25) is 0 Å². The first-order valence-electron chi connectivity index (χ1n) is 3.46. The molecule has 0 atom stereocenters. The minimum atomic E-state index is 0.533. The van der Waals surface area contributed by atoms with Crippen molar-refractivity contribution in [3.8, 4) is 0 Å². The van der Waals surface area contributed by atoms with Crippen LogP contribution in [0.25, 0.3) is 11.0 Å². The van der Waals surface area contributed by atoms with Gasteiger partial charge in [0.2, 0.25) is 0 Å². The van der Waals surface area contributed by atoms with E-state index in [1.807, 2.05) is 12.3 Å². The zero-order valence-corrected chi connectivity index (χ0v) is 7.35. The van der Waals surface area contributed by atoms with Gasteiger partial charge in [0, 0.05) is 6.20 Å². The third kappa shape index (κ3) is 1.02. The van der Waals surface area contributed by atoms with Crippen molar-refractivity contribution >= 4 is 28.6 Å². The number of nitrogens with two attached hydrogens (primary N) is 1. The average Bonchev–Trinajstić information content (AvgIpc) is 2.52. The van der Waals surface area contributed by atoms with Crippen molar-refractivity contribution in [1.82, 2.24) is 15.0 Å². The Morgan fingerprint density at radius 1 is 1.50 bits per heavy atom. The van der Waals surface area contributed by atoms with Crippen LogP contribution in [0.2, 0.25) is 0 Å². The maximum absolute atomic E-state index is 5.69. The Morgan fingerprint density at radius 2 is 2.33 bits per heavy atom. The third-order valence-electron chi connectivity index (χ3n) is 1.61. The van der Waals surface area contributed by atoms with Gasteiger partial charge >= 0.3 is 0 Å². The van der Waals surface area contributed by atoms with Crippen LogP contribution in [0.3, 0.4) is 0 Å². The molecule has 2 rings (SSSR count). The van der Waals surface area contributed by atoms with E-state index >= 15 is 0 Å². The van der Waals surface area contributed by atoms with Gasteiger partial charge in [0.1, 0.15) is 11.5 Å². The van der Waals surface area contributed by atoms with Gasteiger partial charge in [0.05, 0.1) is 5.39 Å². The number of hydrogen-bond acceptors (Lipinski definition) is 4. The highest BCUT2D eigenvalue weighted by molar-refractivity contribution is 7.98. The zero-order chi connectivity index (χ0) is 8.55. The molecule has 2 heterocycles. The predicted octanol–water partition coefficient (Wildman–Crippen LogP) is 1.26. The van der Waals surface area contributed by atoms with Crippen molar-refractivity contribution in [1.29, 1.82) is 0 Å². The van der Waals surface area contributed by atoms with E-state index in [2.05, 4.69) is 15.0 Å². The molecule has 12 heavy (non-hydrogen) atoms. The fourth-order valence-electron chi connectivity index (χ4n) is 1.04. The molecule has 62 valence electrons. The largest absolute Gasteiger partial charge is 0.383 e. The topological polar surface area (TPSA) is 67.6 Å². The number of aromatic amines is 1. The quantitative estimate of drug-likeness (QED) is 0.512. The molecule has 4 nitrogen and oxygen atoms in total. The lowest BCUT2D eigenvalue weighted by molar-refractivity contribution is 1.01. The molecule has 0 spiro atoms. The molecule has 0 fully saturated rings. The second-order valence-corrected chi connectivity index (χ2v) is 3.11. The molecule has 0 radical (unpaired) electrons. The lowest BCUT2D eigenvalue weighted by Gasteiger charge is -1.97. The van der Waals surface area contributed by atoms with Crippen molar-refractivity contribution in [2.45, 2.75) is 5.16 Å². The Balaban J connectivity index is 2.75. The third-order valence-corrected chi connectivity index (χ3v) is 2.15. The number of anilines is 1. The molecule has 2 aromatic heterocycles. The summed E-state index contributed by atoms with van der Waals surface area (Å²) in [4.78, 5) is 11.3. The molecule has 0 bridgehead atoms. The Bertz CT molecular complexity index is 409. The molecule has 0 aromatic carbocycles. The van der Waals surface area contributed by atoms with Crippen LogP contribution in [0.15, 0.2) is 17.4 Å². The van der Waals surface area contributed by atoms with Gasteiger partial charge in [0.15, 0.2) is 5.16 Å². The van der Waals surface area contributed by atoms with E-state index in [1.165, 1.54) is 11.8 Å². The van der Waals surface area contributed by atoms with Gasteiger partial charge in [-0.05, 0) is 12.3 Å². The minimum absolute atomic E-state index is 0.533. The fraction of sp³-hybridized carbons (Fsp3) is 0.143. The number of nitrogen functional groups attached to an aromatic ring is 1. The normalized spacial score (nSPS) is 10.8. The van der Waals surface area contributed by atoms with E-state index in [9.17, 15) is 0 Å². The molecule has 2 aromatic rings. The second-order valence-electron chi connectivity index (χ2n) is 2.34. The van der Waals surface area contributed by atoms with Gasteiger partial charge in [-0.25, -0.2) is 9.97 Å². The molecule has 0 saturated carbocycles. The van der Waals surface area contributed by atoms with E-state index in [4.69, 9.17) is 5.73 Å². The summed E-state index contributed by atoms with van der Waals surface area (Å²) in [6.07, 6.45) is 3.73. The number of fused-ring (bicyclic) bond motifs is 1. The predicted molar refractivity (Wildman–Crippen MR) is 50.1 cm³/mol. The molecular formula is C7H8N4S. The molecule has 0 aliphatic carbocycles. The molecule has 5 heteroatoms. The van der Waals surface area contributed by atoms with Gasteiger partial charge in [-0.15, -0.1) is 0 Å². The number of thioether (sulfide) groups is 1. The van der Waals surface area contributed by atoms with Crippen LogP contribution in [-0.4, -0.2) is 21.2 Å². The van der Waals surface area contributed by atoms with Crippen molar-refractivity contribution < 1.29 is 0 Å². The molecule has 0 aliphatic heterocycles. The lowest BCUT2D eigenvalue weighted by atomic mass is 10.4. The van der Waals surface area contributed by atoms with E-state index in [1.54, 1.807) is 6.20 Å². The lowest BCUT2D eigenvalue weighted by Crippen LogP contribution is -1.94. The maximum atomic E-state index is 5.69. The number of hydrogen-bond donors (Lipinski definition) is 2. The summed E-state index contributed by atoms with van der Waals surface area (Å²) in [6.45, 7) is 0. The summed E-state index contributed by atoms with van der Waals surface area (Å²) in [5.41, 5.74) is 6.49. The number of H-pyrrole nitrogens is 1. The Labute approximate surface area is 73.6 Å². The molecule has 0 aliphatic rings. The van der Waals surface area contributed by atoms with Crippen LogP contribution in [0, 0.1) is 0 Å². The van der Waals surface area contributed by atoms with Crippen molar-refractivity contribution in [2.75, 3.05) is 12.0 Å². The van der Waals surface area contributed by atoms with E-state index in [-0.39, 0.29) is 0 Å². The first kappa shape index (κ1) is 7.42. The van der Waals surface area contributed by atoms with Crippen LogP contribution in [0.4, 0.5) is 5.82 Å². The highest BCUT2D eigenvalue weighted by Gasteiger charge is 2.03. The van der Waals surface area contributed by atoms with Crippen LogP contribution in [0.1, 0.15) is 0 Å². The fourth-order valence-corrected chi connectivity index (χ4v) is 1.41. The Morgan fingerprint density at radius 3 is 3.08 bits per heavy atom. The van der Waals surface area contributed by atoms with Gasteiger partial charge in [-0.1, -0.05) is 11.8 Å². The summed E-state index contributed by atoms with van der Waals surface area (Å²) in [5, 5.41) is 1.58. The Hall–Kier alpha value is -1.23. The van der Waals surface area contributed by atoms with E-state index in [0.29, 0.717) is 11.0 Å². The average molecular weight is 180 g/mol. The highest BCUT2D eigenvalue weighted by Crippen LogP contribution is 2.19. The molecule has 0 unspecified atom stereocenters. The van der Waals surface area contributed by atoms with Gasteiger partial charge in [0.25, 0.3) is 0 Å². The molecule has 3 N–H and O–H groups in total. The van der Waals surface area contributed by atoms with Crippen molar-refractivity contribution in [3.05, 3.63) is 12.3 Å². The van der Waals surface area contributed by atoms with E-state index in [0.717, 1.165) is 11.0 Å².